The second kappa shape index (κ2) is 7.50. The van der Waals surface area contributed by atoms with Gasteiger partial charge in [0.1, 0.15) is 5.82 Å². The second-order valence-electron chi connectivity index (χ2n) is 8.21. The largest absolute Gasteiger partial charge is 0.480 e. The molecule has 1 N–H and O–H groups in total. The van der Waals surface area contributed by atoms with Crippen LogP contribution in [0.5, 0.6) is 5.75 Å². The zero-order valence-corrected chi connectivity index (χ0v) is 17.9. The number of hydrogen-bond acceptors (Lipinski definition) is 8. The Kier molecular flexibility index (Phi) is 4.91. The van der Waals surface area contributed by atoms with E-state index < -0.39 is 12.8 Å². The van der Waals surface area contributed by atoms with Crippen molar-refractivity contribution in [3.05, 3.63) is 23.7 Å². The molecule has 3 aromatic heterocycles. The van der Waals surface area contributed by atoms with Crippen LogP contribution in [0.25, 0.3) is 5.65 Å². The third kappa shape index (κ3) is 4.00. The molecule has 3 aromatic rings. The highest BCUT2D eigenvalue weighted by Crippen LogP contribution is 2.40. The summed E-state index contributed by atoms with van der Waals surface area (Å²) < 4.78 is 48.6. The number of anilines is 2. The van der Waals surface area contributed by atoms with Crippen LogP contribution in [0, 0.1) is 25.7 Å². The molecule has 1 saturated carbocycles. The van der Waals surface area contributed by atoms with E-state index in [1.54, 1.807) is 6.07 Å². The van der Waals surface area contributed by atoms with E-state index in [1.165, 1.54) is 22.1 Å². The van der Waals surface area contributed by atoms with Gasteiger partial charge in [-0.2, -0.15) is 22.5 Å². The monoisotopic (exact) mass is 453 g/mol. The van der Waals surface area contributed by atoms with Crippen LogP contribution in [0.4, 0.5) is 24.3 Å². The maximum absolute atomic E-state index is 12.6. The van der Waals surface area contributed by atoms with Gasteiger partial charge in [0.25, 0.3) is 0 Å². The van der Waals surface area contributed by atoms with E-state index in [9.17, 15) is 13.2 Å². The average Bonchev–Trinajstić information content (AvgIpc) is 3.38. The zero-order valence-electron chi connectivity index (χ0n) is 17.1. The topological polar surface area (TPSA) is 80.5 Å². The lowest BCUT2D eigenvalue weighted by Gasteiger charge is -2.37. The molecule has 166 valence electrons. The van der Waals surface area contributed by atoms with Gasteiger partial charge in [-0.1, -0.05) is 0 Å². The van der Waals surface area contributed by atoms with E-state index in [4.69, 9.17) is 4.74 Å². The molecule has 5 rings (SSSR count). The molecule has 4 heterocycles. The fourth-order valence-electron chi connectivity index (χ4n) is 4.57. The maximum Gasteiger partial charge on any atom is 0.422 e. The molecular weight excluding hydrogens is 431 g/mol. The number of nitrogens with zero attached hydrogens (tertiary/aromatic N) is 6. The Morgan fingerprint density at radius 1 is 1.16 bits per heavy atom. The molecule has 0 spiro atoms. The van der Waals surface area contributed by atoms with Crippen molar-refractivity contribution in [2.24, 2.45) is 11.8 Å². The quantitative estimate of drug-likeness (QED) is 0.634. The van der Waals surface area contributed by atoms with Crippen molar-refractivity contribution in [3.8, 4) is 5.75 Å². The van der Waals surface area contributed by atoms with Crippen LogP contribution in [-0.2, 0) is 0 Å². The lowest BCUT2D eigenvalue weighted by atomic mass is 9.92. The highest BCUT2D eigenvalue weighted by Gasteiger charge is 2.43. The van der Waals surface area contributed by atoms with E-state index in [1.807, 2.05) is 13.8 Å². The van der Waals surface area contributed by atoms with E-state index in [2.05, 4.69) is 29.7 Å². The number of piperidine rings is 1. The molecule has 8 nitrogen and oxygen atoms in total. The van der Waals surface area contributed by atoms with Crippen LogP contribution in [0.1, 0.15) is 24.4 Å². The predicted octanol–water partition coefficient (Wildman–Crippen LogP) is 3.47. The molecule has 0 amide bonds. The predicted molar refractivity (Wildman–Crippen MR) is 110 cm³/mol. The minimum Gasteiger partial charge on any atom is -0.480 e. The molecule has 3 atom stereocenters. The normalized spacial score (nSPS) is 23.5. The molecular formula is C19H22F3N7OS. The van der Waals surface area contributed by atoms with Crippen molar-refractivity contribution < 1.29 is 17.9 Å². The van der Waals surface area contributed by atoms with Gasteiger partial charge in [-0.25, -0.2) is 9.50 Å². The summed E-state index contributed by atoms with van der Waals surface area (Å²) in [5.41, 5.74) is 1.04. The van der Waals surface area contributed by atoms with E-state index in [-0.39, 0.29) is 17.4 Å². The first-order valence-electron chi connectivity index (χ1n) is 10.1. The molecule has 1 aliphatic heterocycles. The number of alkyl halides is 3. The van der Waals surface area contributed by atoms with Gasteiger partial charge < -0.3 is 15.0 Å². The summed E-state index contributed by atoms with van der Waals surface area (Å²) in [6.07, 6.45) is -2.21. The molecule has 1 aliphatic carbocycles. The van der Waals surface area contributed by atoms with Crippen molar-refractivity contribution >= 4 is 28.3 Å². The van der Waals surface area contributed by atoms with Crippen molar-refractivity contribution in [3.63, 3.8) is 0 Å². The number of hydrogen-bond donors (Lipinski definition) is 1. The number of ether oxygens (including phenoxy) is 1. The third-order valence-electron chi connectivity index (χ3n) is 5.95. The van der Waals surface area contributed by atoms with Crippen molar-refractivity contribution in [2.75, 3.05) is 29.9 Å². The summed E-state index contributed by atoms with van der Waals surface area (Å²) in [5, 5.41) is 8.90. The van der Waals surface area contributed by atoms with E-state index >= 15 is 0 Å². The average molecular weight is 453 g/mol. The molecule has 31 heavy (non-hydrogen) atoms. The van der Waals surface area contributed by atoms with Gasteiger partial charge in [0.15, 0.2) is 18.0 Å². The van der Waals surface area contributed by atoms with E-state index in [0.29, 0.717) is 17.8 Å². The number of pyridine rings is 1. The second-order valence-corrected chi connectivity index (χ2v) is 8.94. The molecule has 2 fully saturated rings. The molecule has 12 heteroatoms. The number of fused-ring (bicyclic) bond motifs is 3. The van der Waals surface area contributed by atoms with Gasteiger partial charge >= 0.3 is 6.18 Å². The summed E-state index contributed by atoms with van der Waals surface area (Å²) in [5.74, 6) is 2.09. The third-order valence-corrected chi connectivity index (χ3v) is 6.81. The molecule has 0 aromatic carbocycles. The SMILES string of the molecule is Cc1nsc(N2C[C@H]3CC[C@@H](C2)[C@@H]3Nc2nc3c(OCC(F)(F)F)ccc(C)n3n2)n1. The Labute approximate surface area is 180 Å². The number of aryl methyl sites for hydroxylation is 2. The number of rotatable bonds is 5. The summed E-state index contributed by atoms with van der Waals surface area (Å²) in [6.45, 7) is 4.12. The van der Waals surface area contributed by atoms with Gasteiger partial charge in [-0.15, -0.1) is 5.10 Å². The first kappa shape index (κ1) is 20.3. The highest BCUT2D eigenvalue weighted by atomic mass is 32.1. The maximum atomic E-state index is 12.6. The Morgan fingerprint density at radius 3 is 2.55 bits per heavy atom. The number of halogens is 3. The lowest BCUT2D eigenvalue weighted by Crippen LogP contribution is -2.48. The standard InChI is InChI=1S/C19H22F3N7OS/c1-10-3-6-14(30-9-19(20,21)22)16-25-17(26-29(10)16)24-15-12-4-5-13(15)8-28(7-12)18-23-11(2)27-31-18/h3,6,12-13,15H,4-5,7-9H2,1-2H3,(H,24,26)/t12-,13+,15-. The fourth-order valence-corrected chi connectivity index (χ4v) is 5.26. The summed E-state index contributed by atoms with van der Waals surface area (Å²) in [6, 6.07) is 3.38. The van der Waals surface area contributed by atoms with Crippen LogP contribution in [0.2, 0.25) is 0 Å². The minimum absolute atomic E-state index is 0.0629. The Morgan fingerprint density at radius 2 is 1.90 bits per heavy atom. The van der Waals surface area contributed by atoms with Crippen LogP contribution < -0.4 is 15.0 Å². The van der Waals surface area contributed by atoms with Crippen LogP contribution in [0.15, 0.2) is 12.1 Å². The van der Waals surface area contributed by atoms with Gasteiger partial charge in [-0.05, 0) is 50.7 Å². The van der Waals surface area contributed by atoms with Crippen molar-refractivity contribution in [2.45, 2.75) is 38.9 Å². The van der Waals surface area contributed by atoms with Gasteiger partial charge in [-0.3, -0.25) is 0 Å². The smallest absolute Gasteiger partial charge is 0.422 e. The van der Waals surface area contributed by atoms with Crippen LogP contribution in [-0.4, -0.2) is 55.9 Å². The highest BCUT2D eigenvalue weighted by molar-refractivity contribution is 7.09. The molecule has 0 radical (unpaired) electrons. The van der Waals surface area contributed by atoms with E-state index in [0.717, 1.165) is 42.6 Å². The molecule has 2 bridgehead atoms. The minimum atomic E-state index is -4.42. The summed E-state index contributed by atoms with van der Waals surface area (Å²) in [7, 11) is 0. The Bertz CT molecular complexity index is 1080. The Hall–Kier alpha value is -2.63. The van der Waals surface area contributed by atoms with Crippen LogP contribution in [0.3, 0.4) is 0 Å². The first-order chi connectivity index (χ1) is 14.8. The first-order valence-corrected chi connectivity index (χ1v) is 10.9. The summed E-state index contributed by atoms with van der Waals surface area (Å²) in [4.78, 5) is 11.3. The molecule has 2 aliphatic rings. The van der Waals surface area contributed by atoms with Crippen molar-refractivity contribution in [1.29, 1.82) is 0 Å². The lowest BCUT2D eigenvalue weighted by molar-refractivity contribution is -0.153. The summed E-state index contributed by atoms with van der Waals surface area (Å²) >= 11 is 1.43. The van der Waals surface area contributed by atoms with Gasteiger partial charge in [0.05, 0.1) is 0 Å². The molecule has 0 unspecified atom stereocenters. The fraction of sp³-hybridized carbons (Fsp3) is 0.579. The Balaban J connectivity index is 1.34. The number of nitrogens with one attached hydrogen (secondary N) is 1. The van der Waals surface area contributed by atoms with Crippen LogP contribution >= 0.6 is 11.5 Å². The van der Waals surface area contributed by atoms with Gasteiger partial charge in [0, 0.05) is 36.4 Å². The molecule has 1 saturated heterocycles. The van der Waals surface area contributed by atoms with Gasteiger partial charge in [0.2, 0.25) is 11.1 Å². The van der Waals surface area contributed by atoms with Crippen molar-refractivity contribution in [1.82, 2.24) is 24.0 Å². The number of aromatic nitrogens is 5. The zero-order chi connectivity index (χ0) is 21.8.